The third-order valence-electron chi connectivity index (χ3n) is 2.10. The Bertz CT molecular complexity index is 404. The number of hydrogen-bond donors (Lipinski definition) is 0. The first kappa shape index (κ1) is 8.45. The van der Waals surface area contributed by atoms with Crippen LogP contribution in [0, 0.1) is 13.8 Å². The summed E-state index contributed by atoms with van der Waals surface area (Å²) in [5, 5.41) is 2.09. The second kappa shape index (κ2) is 3.30. The molecule has 0 atom stereocenters. The summed E-state index contributed by atoms with van der Waals surface area (Å²) in [6.07, 6.45) is 0. The van der Waals surface area contributed by atoms with Gasteiger partial charge in [0.25, 0.3) is 0 Å². The highest BCUT2D eigenvalue weighted by atomic mass is 32.1. The second-order valence-electron chi connectivity index (χ2n) is 3.19. The van der Waals surface area contributed by atoms with Crippen molar-refractivity contribution < 1.29 is 0 Å². The van der Waals surface area contributed by atoms with Crippen molar-refractivity contribution in [3.8, 4) is 11.3 Å². The maximum absolute atomic E-state index is 4.31. The fourth-order valence-corrected chi connectivity index (χ4v) is 1.91. The standard InChI is InChI=1S/C11H11NS/c1-8-3-4-9(2)10(5-8)11-6-13-7-12-11/h3-7H,1-2H3. The van der Waals surface area contributed by atoms with Gasteiger partial charge in [0.15, 0.2) is 0 Å². The molecule has 0 spiro atoms. The van der Waals surface area contributed by atoms with Gasteiger partial charge in [-0.05, 0) is 25.5 Å². The average molecular weight is 189 g/mol. The Morgan fingerprint density at radius 2 is 2.08 bits per heavy atom. The van der Waals surface area contributed by atoms with E-state index in [4.69, 9.17) is 0 Å². The molecule has 1 nitrogen and oxygen atoms in total. The molecule has 0 fully saturated rings. The molecule has 1 heterocycles. The number of thiazole rings is 1. The summed E-state index contributed by atoms with van der Waals surface area (Å²) in [7, 11) is 0. The second-order valence-corrected chi connectivity index (χ2v) is 3.91. The fourth-order valence-electron chi connectivity index (χ4n) is 1.36. The highest BCUT2D eigenvalue weighted by Gasteiger charge is 2.02. The van der Waals surface area contributed by atoms with Crippen LogP contribution in [0.1, 0.15) is 11.1 Å². The summed E-state index contributed by atoms with van der Waals surface area (Å²) >= 11 is 1.64. The molecule has 0 aliphatic carbocycles. The van der Waals surface area contributed by atoms with Crippen LogP contribution < -0.4 is 0 Å². The molecule has 2 aromatic rings. The molecule has 0 saturated carbocycles. The van der Waals surface area contributed by atoms with Crippen molar-refractivity contribution in [2.75, 3.05) is 0 Å². The lowest BCUT2D eigenvalue weighted by Gasteiger charge is -2.03. The number of benzene rings is 1. The van der Waals surface area contributed by atoms with Crippen molar-refractivity contribution in [3.05, 3.63) is 40.2 Å². The van der Waals surface area contributed by atoms with Crippen LogP contribution >= 0.6 is 11.3 Å². The highest BCUT2D eigenvalue weighted by molar-refractivity contribution is 7.07. The van der Waals surface area contributed by atoms with Gasteiger partial charge in [-0.25, -0.2) is 4.98 Å². The van der Waals surface area contributed by atoms with Crippen LogP contribution in [-0.4, -0.2) is 4.98 Å². The molecule has 0 radical (unpaired) electrons. The molecule has 1 aromatic carbocycles. The minimum absolute atomic E-state index is 1.09. The molecule has 0 aliphatic rings. The lowest BCUT2D eigenvalue weighted by molar-refractivity contribution is 1.34. The number of aromatic nitrogens is 1. The Kier molecular flexibility index (Phi) is 2.15. The Labute approximate surface area is 82.1 Å². The molecule has 1 aromatic heterocycles. The van der Waals surface area contributed by atoms with Gasteiger partial charge >= 0.3 is 0 Å². The smallest absolute Gasteiger partial charge is 0.0813 e. The predicted octanol–water partition coefficient (Wildman–Crippen LogP) is 3.43. The average Bonchev–Trinajstić information content (AvgIpc) is 2.61. The summed E-state index contributed by atoms with van der Waals surface area (Å²) < 4.78 is 0. The highest BCUT2D eigenvalue weighted by Crippen LogP contribution is 2.23. The minimum Gasteiger partial charge on any atom is -0.245 e. The normalized spacial score (nSPS) is 10.3. The lowest BCUT2D eigenvalue weighted by atomic mass is 10.0. The zero-order valence-electron chi connectivity index (χ0n) is 7.74. The van der Waals surface area contributed by atoms with Crippen molar-refractivity contribution in [1.82, 2.24) is 4.98 Å². The summed E-state index contributed by atoms with van der Waals surface area (Å²) in [6.45, 7) is 4.23. The molecule has 2 rings (SSSR count). The summed E-state index contributed by atoms with van der Waals surface area (Å²) in [4.78, 5) is 4.31. The first-order valence-electron chi connectivity index (χ1n) is 4.23. The number of nitrogens with zero attached hydrogens (tertiary/aromatic N) is 1. The molecule has 0 N–H and O–H groups in total. The Hall–Kier alpha value is -1.15. The van der Waals surface area contributed by atoms with Crippen molar-refractivity contribution >= 4 is 11.3 Å². The maximum Gasteiger partial charge on any atom is 0.0813 e. The fraction of sp³-hybridized carbons (Fsp3) is 0.182. The van der Waals surface area contributed by atoms with E-state index in [0.717, 1.165) is 5.69 Å². The van der Waals surface area contributed by atoms with E-state index in [-0.39, 0.29) is 0 Å². The topological polar surface area (TPSA) is 12.9 Å². The molecule has 0 saturated heterocycles. The molecular formula is C11H11NS. The van der Waals surface area contributed by atoms with Crippen molar-refractivity contribution in [3.63, 3.8) is 0 Å². The molecule has 13 heavy (non-hydrogen) atoms. The zero-order valence-corrected chi connectivity index (χ0v) is 8.56. The maximum atomic E-state index is 4.31. The number of rotatable bonds is 1. The van der Waals surface area contributed by atoms with Crippen molar-refractivity contribution in [1.29, 1.82) is 0 Å². The SMILES string of the molecule is Cc1ccc(C)c(-c2cscn2)c1. The third-order valence-corrected chi connectivity index (χ3v) is 2.69. The number of hydrogen-bond acceptors (Lipinski definition) is 2. The van der Waals surface area contributed by atoms with Crippen LogP contribution in [0.4, 0.5) is 0 Å². The molecule has 0 bridgehead atoms. The van der Waals surface area contributed by atoms with E-state index in [9.17, 15) is 0 Å². The quantitative estimate of drug-likeness (QED) is 0.669. The van der Waals surface area contributed by atoms with E-state index in [1.165, 1.54) is 16.7 Å². The first-order chi connectivity index (χ1) is 6.27. The van der Waals surface area contributed by atoms with Gasteiger partial charge in [-0.1, -0.05) is 17.7 Å². The molecule has 2 heteroatoms. The van der Waals surface area contributed by atoms with Crippen LogP contribution in [-0.2, 0) is 0 Å². The van der Waals surface area contributed by atoms with Crippen LogP contribution in [0.3, 0.4) is 0 Å². The largest absolute Gasteiger partial charge is 0.245 e. The van der Waals surface area contributed by atoms with Gasteiger partial charge in [0.05, 0.1) is 11.2 Å². The Morgan fingerprint density at radius 3 is 2.77 bits per heavy atom. The van der Waals surface area contributed by atoms with Crippen LogP contribution in [0.5, 0.6) is 0 Å². The van der Waals surface area contributed by atoms with E-state index < -0.39 is 0 Å². The predicted molar refractivity (Wildman–Crippen MR) is 57.0 cm³/mol. The van der Waals surface area contributed by atoms with Crippen LogP contribution in [0.2, 0.25) is 0 Å². The van der Waals surface area contributed by atoms with Gasteiger partial charge in [0.1, 0.15) is 0 Å². The van der Waals surface area contributed by atoms with E-state index in [1.54, 1.807) is 11.3 Å². The number of aryl methyl sites for hydroxylation is 2. The van der Waals surface area contributed by atoms with Crippen molar-refractivity contribution in [2.24, 2.45) is 0 Å². The Morgan fingerprint density at radius 1 is 1.23 bits per heavy atom. The van der Waals surface area contributed by atoms with Gasteiger partial charge in [-0.3, -0.25) is 0 Å². The molecule has 0 aliphatic heterocycles. The van der Waals surface area contributed by atoms with Gasteiger partial charge in [-0.2, -0.15) is 0 Å². The minimum atomic E-state index is 1.09. The first-order valence-corrected chi connectivity index (χ1v) is 5.17. The van der Waals surface area contributed by atoms with E-state index in [0.29, 0.717) is 0 Å². The van der Waals surface area contributed by atoms with Crippen LogP contribution in [0.15, 0.2) is 29.1 Å². The van der Waals surface area contributed by atoms with Crippen LogP contribution in [0.25, 0.3) is 11.3 Å². The van der Waals surface area contributed by atoms with Gasteiger partial charge in [0.2, 0.25) is 0 Å². The summed E-state index contributed by atoms with van der Waals surface area (Å²) in [5.41, 5.74) is 6.79. The van der Waals surface area contributed by atoms with E-state index >= 15 is 0 Å². The van der Waals surface area contributed by atoms with Gasteiger partial charge < -0.3 is 0 Å². The van der Waals surface area contributed by atoms with E-state index in [2.05, 4.69) is 42.4 Å². The molecular weight excluding hydrogens is 178 g/mol. The van der Waals surface area contributed by atoms with Crippen molar-refractivity contribution in [2.45, 2.75) is 13.8 Å². The lowest BCUT2D eigenvalue weighted by Crippen LogP contribution is -1.84. The monoisotopic (exact) mass is 189 g/mol. The van der Waals surface area contributed by atoms with Gasteiger partial charge in [0, 0.05) is 10.9 Å². The summed E-state index contributed by atoms with van der Waals surface area (Å²) in [5.74, 6) is 0. The zero-order chi connectivity index (χ0) is 9.26. The third kappa shape index (κ3) is 1.63. The van der Waals surface area contributed by atoms with E-state index in [1.807, 2.05) is 5.51 Å². The Balaban J connectivity index is 2.57. The molecule has 0 amide bonds. The van der Waals surface area contributed by atoms with Gasteiger partial charge in [-0.15, -0.1) is 11.3 Å². The molecule has 66 valence electrons. The molecule has 0 unspecified atom stereocenters. The summed E-state index contributed by atoms with van der Waals surface area (Å²) in [6, 6.07) is 6.46.